The Morgan fingerprint density at radius 2 is 1.91 bits per heavy atom. The first-order valence-corrected chi connectivity index (χ1v) is 6.64. The summed E-state index contributed by atoms with van der Waals surface area (Å²) in [6, 6.07) is 4.96. The second-order valence-electron chi connectivity index (χ2n) is 4.68. The third-order valence-corrected chi connectivity index (χ3v) is 3.10. The smallest absolute Gasteiger partial charge is 0.381 e. The summed E-state index contributed by atoms with van der Waals surface area (Å²) < 4.78 is 11.7. The van der Waals surface area contributed by atoms with Gasteiger partial charge in [0.05, 0.1) is 14.2 Å². The first-order valence-electron chi connectivity index (χ1n) is 6.64. The van der Waals surface area contributed by atoms with Crippen molar-refractivity contribution >= 4 is 17.4 Å². The van der Waals surface area contributed by atoms with Crippen molar-refractivity contribution in [3.05, 3.63) is 40.3 Å². The highest BCUT2D eigenvalue weighted by Gasteiger charge is 2.17. The van der Waals surface area contributed by atoms with Crippen LogP contribution in [0, 0.1) is 17.0 Å². The van der Waals surface area contributed by atoms with Gasteiger partial charge in [0.25, 0.3) is 0 Å². The van der Waals surface area contributed by atoms with Crippen molar-refractivity contribution in [2.45, 2.75) is 13.5 Å². The summed E-state index contributed by atoms with van der Waals surface area (Å²) in [7, 11) is 3.02. The van der Waals surface area contributed by atoms with Gasteiger partial charge in [-0.3, -0.25) is 9.36 Å². The Hall–Kier alpha value is -3.10. The fourth-order valence-corrected chi connectivity index (χ4v) is 1.97. The number of imidazole rings is 1. The van der Waals surface area contributed by atoms with Gasteiger partial charge in [-0.2, -0.15) is 0 Å². The van der Waals surface area contributed by atoms with E-state index >= 15 is 0 Å². The standard InChI is InChI=1S/C14H16N4O5/c1-9-15-13(18(20)21)7-17(9)8-14(19)16-10-4-11(22-2)6-12(5-10)23-3/h4-7H,8H2,1-3H3,(H,16,19). The van der Waals surface area contributed by atoms with E-state index in [0.717, 1.165) is 0 Å². The summed E-state index contributed by atoms with van der Waals surface area (Å²) in [5.41, 5.74) is 0.499. The quantitative estimate of drug-likeness (QED) is 0.641. The number of nitro groups is 1. The number of nitrogens with zero attached hydrogens (tertiary/aromatic N) is 3. The molecule has 2 aromatic rings. The zero-order valence-corrected chi connectivity index (χ0v) is 12.9. The van der Waals surface area contributed by atoms with Gasteiger partial charge in [-0.05, 0) is 9.91 Å². The highest BCUT2D eigenvalue weighted by Crippen LogP contribution is 2.25. The Kier molecular flexibility index (Phi) is 4.79. The average molecular weight is 320 g/mol. The van der Waals surface area contributed by atoms with Crippen LogP contribution in [0.1, 0.15) is 5.82 Å². The maximum atomic E-state index is 12.1. The predicted molar refractivity (Wildman–Crippen MR) is 81.8 cm³/mol. The number of benzene rings is 1. The zero-order chi connectivity index (χ0) is 17.0. The van der Waals surface area contributed by atoms with Crippen LogP contribution >= 0.6 is 0 Å². The maximum Gasteiger partial charge on any atom is 0.381 e. The average Bonchev–Trinajstić information content (AvgIpc) is 2.88. The summed E-state index contributed by atoms with van der Waals surface area (Å²) in [6.07, 6.45) is 1.22. The third kappa shape index (κ3) is 3.96. The highest BCUT2D eigenvalue weighted by atomic mass is 16.6. The fraction of sp³-hybridized carbons (Fsp3) is 0.286. The number of aryl methyl sites for hydroxylation is 1. The van der Waals surface area contributed by atoms with Crippen LogP contribution in [0.15, 0.2) is 24.4 Å². The van der Waals surface area contributed by atoms with Gasteiger partial charge in [-0.15, -0.1) is 0 Å². The third-order valence-electron chi connectivity index (χ3n) is 3.10. The number of methoxy groups -OCH3 is 2. The van der Waals surface area contributed by atoms with Crippen molar-refractivity contribution in [2.24, 2.45) is 0 Å². The van der Waals surface area contributed by atoms with Crippen molar-refractivity contribution in [3.63, 3.8) is 0 Å². The van der Waals surface area contributed by atoms with Gasteiger partial charge in [-0.25, -0.2) is 0 Å². The first-order chi connectivity index (χ1) is 10.9. The van der Waals surface area contributed by atoms with Gasteiger partial charge >= 0.3 is 5.82 Å². The lowest BCUT2D eigenvalue weighted by Crippen LogP contribution is -2.19. The van der Waals surface area contributed by atoms with Gasteiger partial charge < -0.3 is 24.9 Å². The summed E-state index contributed by atoms with van der Waals surface area (Å²) >= 11 is 0. The SMILES string of the molecule is COc1cc(NC(=O)Cn2cc([N+](=O)[O-])nc2C)cc(OC)c1. The molecule has 0 bridgehead atoms. The van der Waals surface area contributed by atoms with Crippen molar-refractivity contribution in [1.82, 2.24) is 9.55 Å². The normalized spacial score (nSPS) is 10.2. The Morgan fingerprint density at radius 3 is 2.39 bits per heavy atom. The lowest BCUT2D eigenvalue weighted by atomic mass is 10.2. The van der Waals surface area contributed by atoms with E-state index in [4.69, 9.17) is 9.47 Å². The van der Waals surface area contributed by atoms with Crippen LogP contribution in [0.3, 0.4) is 0 Å². The number of aromatic nitrogens is 2. The number of anilines is 1. The summed E-state index contributed by atoms with van der Waals surface area (Å²) in [6.45, 7) is 1.50. The van der Waals surface area contributed by atoms with Crippen molar-refractivity contribution in [2.75, 3.05) is 19.5 Å². The summed E-state index contributed by atoms with van der Waals surface area (Å²) in [5.74, 6) is 0.812. The van der Waals surface area contributed by atoms with Crippen molar-refractivity contribution in [1.29, 1.82) is 0 Å². The second kappa shape index (κ2) is 6.77. The molecule has 9 nitrogen and oxygen atoms in total. The van der Waals surface area contributed by atoms with Crippen LogP contribution in [-0.2, 0) is 11.3 Å². The van der Waals surface area contributed by atoms with E-state index in [1.807, 2.05) is 0 Å². The van der Waals surface area contributed by atoms with Crippen LogP contribution in [-0.4, -0.2) is 34.6 Å². The molecule has 2 rings (SSSR count). The molecular weight excluding hydrogens is 304 g/mol. The number of amides is 1. The minimum Gasteiger partial charge on any atom is -0.497 e. The van der Waals surface area contributed by atoms with Gasteiger partial charge in [-0.1, -0.05) is 0 Å². The number of ether oxygens (including phenoxy) is 2. The molecular formula is C14H16N4O5. The molecule has 0 atom stereocenters. The van der Waals surface area contributed by atoms with Crippen LogP contribution < -0.4 is 14.8 Å². The molecule has 9 heteroatoms. The van der Waals surface area contributed by atoms with Gasteiger partial charge in [0.2, 0.25) is 11.7 Å². The van der Waals surface area contributed by atoms with Crippen molar-refractivity contribution < 1.29 is 19.2 Å². The van der Waals surface area contributed by atoms with Gasteiger partial charge in [0.15, 0.2) is 0 Å². The molecule has 1 N–H and O–H groups in total. The molecule has 1 heterocycles. The molecule has 0 saturated heterocycles. The lowest BCUT2D eigenvalue weighted by molar-refractivity contribution is -0.389. The van der Waals surface area contributed by atoms with Crippen LogP contribution in [0.4, 0.5) is 11.5 Å². The van der Waals surface area contributed by atoms with Crippen LogP contribution in [0.5, 0.6) is 11.5 Å². The molecule has 0 aliphatic heterocycles. The topological polar surface area (TPSA) is 109 Å². The molecule has 0 aliphatic carbocycles. The maximum absolute atomic E-state index is 12.1. The minimum atomic E-state index is -0.603. The zero-order valence-electron chi connectivity index (χ0n) is 12.9. The molecule has 0 aliphatic rings. The summed E-state index contributed by atoms with van der Waals surface area (Å²) in [4.78, 5) is 26.0. The second-order valence-corrected chi connectivity index (χ2v) is 4.68. The largest absolute Gasteiger partial charge is 0.497 e. The van der Waals surface area contributed by atoms with Gasteiger partial charge in [0, 0.05) is 30.8 Å². The van der Waals surface area contributed by atoms with E-state index in [1.165, 1.54) is 25.0 Å². The Balaban J connectivity index is 2.12. The number of rotatable bonds is 6. The van der Waals surface area contributed by atoms with Crippen molar-refractivity contribution in [3.8, 4) is 11.5 Å². The molecule has 1 aromatic carbocycles. The molecule has 1 amide bonds. The van der Waals surface area contributed by atoms with E-state index in [1.54, 1.807) is 25.1 Å². The highest BCUT2D eigenvalue weighted by molar-refractivity contribution is 5.91. The Morgan fingerprint density at radius 1 is 1.30 bits per heavy atom. The molecule has 122 valence electrons. The first kappa shape index (κ1) is 16.3. The molecule has 0 saturated carbocycles. The molecule has 0 unspecified atom stereocenters. The lowest BCUT2D eigenvalue weighted by Gasteiger charge is -2.10. The van der Waals surface area contributed by atoms with Crippen LogP contribution in [0.2, 0.25) is 0 Å². The Labute approximate surface area is 132 Å². The van der Waals surface area contributed by atoms with E-state index in [9.17, 15) is 14.9 Å². The molecule has 23 heavy (non-hydrogen) atoms. The number of carbonyl (C=O) groups excluding carboxylic acids is 1. The molecule has 0 fully saturated rings. The number of carbonyl (C=O) groups is 1. The summed E-state index contributed by atoms with van der Waals surface area (Å²) in [5, 5.41) is 13.4. The van der Waals surface area contributed by atoms with E-state index in [0.29, 0.717) is 23.0 Å². The molecule has 0 spiro atoms. The van der Waals surface area contributed by atoms with E-state index < -0.39 is 4.92 Å². The Bertz CT molecular complexity index is 719. The number of hydrogen-bond acceptors (Lipinski definition) is 6. The monoisotopic (exact) mass is 320 g/mol. The minimum absolute atomic E-state index is 0.0911. The predicted octanol–water partition coefficient (Wildman–Crippen LogP) is 1.76. The van der Waals surface area contributed by atoms with E-state index in [-0.39, 0.29) is 18.3 Å². The number of nitrogens with one attached hydrogen (secondary N) is 1. The molecule has 1 aromatic heterocycles. The number of hydrogen-bond donors (Lipinski definition) is 1. The fourth-order valence-electron chi connectivity index (χ4n) is 1.97. The van der Waals surface area contributed by atoms with Gasteiger partial charge in [0.1, 0.15) is 24.2 Å². The molecule has 0 radical (unpaired) electrons. The van der Waals surface area contributed by atoms with E-state index in [2.05, 4.69) is 10.3 Å². The van der Waals surface area contributed by atoms with Crippen LogP contribution in [0.25, 0.3) is 0 Å².